The Hall–Kier alpha value is -1.85. The zero-order valence-electron chi connectivity index (χ0n) is 12.4. The second-order valence-corrected chi connectivity index (χ2v) is 6.22. The van der Waals surface area contributed by atoms with Crippen LogP contribution in [-0.4, -0.2) is 38.7 Å². The minimum Gasteiger partial charge on any atom is -0.339 e. The standard InChI is InChI=1S/C16H16Cl2N4O/c17-14-2-1-3-15(18)13(14)4-5-16(23)21-8-6-12(7-9-21)22-11-19-10-20-22/h1-5,10-12H,6-9H2/b5-4+. The number of hydrogen-bond acceptors (Lipinski definition) is 3. The zero-order chi connectivity index (χ0) is 16.2. The highest BCUT2D eigenvalue weighted by Crippen LogP contribution is 2.26. The first kappa shape index (κ1) is 16.0. The fraction of sp³-hybridized carbons (Fsp3) is 0.312. The Kier molecular flexibility index (Phi) is 4.98. The van der Waals surface area contributed by atoms with Crippen molar-refractivity contribution in [2.75, 3.05) is 13.1 Å². The van der Waals surface area contributed by atoms with Crippen molar-refractivity contribution in [3.8, 4) is 0 Å². The molecule has 1 fully saturated rings. The van der Waals surface area contributed by atoms with E-state index in [1.54, 1.807) is 30.6 Å². The molecule has 0 atom stereocenters. The van der Waals surface area contributed by atoms with Crippen LogP contribution in [0.1, 0.15) is 24.4 Å². The van der Waals surface area contributed by atoms with Gasteiger partial charge >= 0.3 is 0 Å². The Morgan fingerprint density at radius 2 is 1.91 bits per heavy atom. The number of halogens is 2. The highest BCUT2D eigenvalue weighted by Gasteiger charge is 2.23. The Morgan fingerprint density at radius 1 is 1.22 bits per heavy atom. The molecule has 120 valence electrons. The molecule has 0 spiro atoms. The smallest absolute Gasteiger partial charge is 0.246 e. The lowest BCUT2D eigenvalue weighted by atomic mass is 10.1. The van der Waals surface area contributed by atoms with Gasteiger partial charge in [-0.15, -0.1) is 0 Å². The van der Waals surface area contributed by atoms with Crippen molar-refractivity contribution in [3.05, 3.63) is 52.5 Å². The first-order chi connectivity index (χ1) is 11.1. The molecular weight excluding hydrogens is 335 g/mol. The fourth-order valence-corrected chi connectivity index (χ4v) is 3.21. The van der Waals surface area contributed by atoms with Gasteiger partial charge in [-0.3, -0.25) is 4.79 Å². The topological polar surface area (TPSA) is 51.0 Å². The van der Waals surface area contributed by atoms with E-state index in [1.807, 2.05) is 9.58 Å². The molecule has 0 radical (unpaired) electrons. The molecule has 7 heteroatoms. The van der Waals surface area contributed by atoms with Gasteiger partial charge in [0, 0.05) is 34.8 Å². The first-order valence-corrected chi connectivity index (χ1v) is 8.16. The quantitative estimate of drug-likeness (QED) is 0.796. The minimum atomic E-state index is -0.0296. The summed E-state index contributed by atoms with van der Waals surface area (Å²) in [4.78, 5) is 18.1. The number of hydrogen-bond donors (Lipinski definition) is 0. The molecule has 3 rings (SSSR count). The van der Waals surface area contributed by atoms with E-state index in [0.717, 1.165) is 12.8 Å². The summed E-state index contributed by atoms with van der Waals surface area (Å²) in [6.45, 7) is 1.40. The van der Waals surface area contributed by atoms with E-state index in [0.29, 0.717) is 34.7 Å². The molecule has 2 heterocycles. The van der Waals surface area contributed by atoms with Gasteiger partial charge in [0.2, 0.25) is 5.91 Å². The van der Waals surface area contributed by atoms with Gasteiger partial charge in [-0.05, 0) is 31.1 Å². The molecule has 2 aromatic rings. The molecule has 23 heavy (non-hydrogen) atoms. The van der Waals surface area contributed by atoms with Gasteiger partial charge in [-0.2, -0.15) is 5.10 Å². The third-order valence-electron chi connectivity index (χ3n) is 3.98. The largest absolute Gasteiger partial charge is 0.339 e. The van der Waals surface area contributed by atoms with Crippen molar-refractivity contribution in [1.29, 1.82) is 0 Å². The molecule has 0 bridgehead atoms. The van der Waals surface area contributed by atoms with Gasteiger partial charge < -0.3 is 4.90 Å². The number of benzene rings is 1. The Balaban J connectivity index is 1.60. The van der Waals surface area contributed by atoms with E-state index >= 15 is 0 Å². The number of likely N-dealkylation sites (tertiary alicyclic amines) is 1. The van der Waals surface area contributed by atoms with Gasteiger partial charge in [0.15, 0.2) is 0 Å². The number of nitrogens with zero attached hydrogens (tertiary/aromatic N) is 4. The van der Waals surface area contributed by atoms with Crippen LogP contribution >= 0.6 is 23.2 Å². The van der Waals surface area contributed by atoms with Crippen molar-refractivity contribution < 1.29 is 4.79 Å². The number of rotatable bonds is 3. The van der Waals surface area contributed by atoms with Gasteiger partial charge in [0.1, 0.15) is 12.7 Å². The molecule has 1 amide bonds. The fourth-order valence-electron chi connectivity index (χ4n) is 2.69. The average molecular weight is 351 g/mol. The summed E-state index contributed by atoms with van der Waals surface area (Å²) in [5.41, 5.74) is 0.668. The highest BCUT2D eigenvalue weighted by atomic mass is 35.5. The van der Waals surface area contributed by atoms with Crippen LogP contribution in [0.5, 0.6) is 0 Å². The van der Waals surface area contributed by atoms with Crippen LogP contribution in [0.15, 0.2) is 36.9 Å². The predicted molar refractivity (Wildman–Crippen MR) is 90.4 cm³/mol. The van der Waals surface area contributed by atoms with Gasteiger partial charge in [0.05, 0.1) is 6.04 Å². The van der Waals surface area contributed by atoms with Crippen LogP contribution in [0, 0.1) is 0 Å². The number of piperidine rings is 1. The maximum absolute atomic E-state index is 12.3. The third-order valence-corrected chi connectivity index (χ3v) is 4.64. The lowest BCUT2D eigenvalue weighted by Gasteiger charge is -2.31. The van der Waals surface area contributed by atoms with Gasteiger partial charge in [-0.1, -0.05) is 29.3 Å². The van der Waals surface area contributed by atoms with Crippen LogP contribution < -0.4 is 0 Å². The second-order valence-electron chi connectivity index (χ2n) is 5.40. The summed E-state index contributed by atoms with van der Waals surface area (Å²) in [6.07, 6.45) is 8.21. The van der Waals surface area contributed by atoms with E-state index in [-0.39, 0.29) is 5.91 Å². The number of carbonyl (C=O) groups is 1. The summed E-state index contributed by atoms with van der Waals surface area (Å²) in [6, 6.07) is 5.59. The van der Waals surface area contributed by atoms with Crippen LogP contribution in [-0.2, 0) is 4.79 Å². The van der Waals surface area contributed by atoms with E-state index < -0.39 is 0 Å². The zero-order valence-corrected chi connectivity index (χ0v) is 13.9. The average Bonchev–Trinajstić information content (AvgIpc) is 3.09. The lowest BCUT2D eigenvalue weighted by Crippen LogP contribution is -2.38. The van der Waals surface area contributed by atoms with E-state index in [9.17, 15) is 4.79 Å². The molecule has 1 aliphatic rings. The SMILES string of the molecule is O=C(/C=C/c1c(Cl)cccc1Cl)N1CCC(n2cncn2)CC1. The van der Waals surface area contributed by atoms with Crippen molar-refractivity contribution in [1.82, 2.24) is 19.7 Å². The maximum atomic E-state index is 12.3. The molecule has 1 aliphatic heterocycles. The number of aromatic nitrogens is 3. The maximum Gasteiger partial charge on any atom is 0.246 e. The normalized spacial score (nSPS) is 16.2. The molecular formula is C16H16Cl2N4O. The van der Waals surface area contributed by atoms with E-state index in [2.05, 4.69) is 10.1 Å². The molecule has 0 aliphatic carbocycles. The molecule has 1 aromatic carbocycles. The van der Waals surface area contributed by atoms with Crippen LogP contribution in [0.3, 0.4) is 0 Å². The monoisotopic (exact) mass is 350 g/mol. The third kappa shape index (κ3) is 3.74. The summed E-state index contributed by atoms with van der Waals surface area (Å²) < 4.78 is 1.86. The highest BCUT2D eigenvalue weighted by molar-refractivity contribution is 6.37. The second kappa shape index (κ2) is 7.15. The van der Waals surface area contributed by atoms with Crippen LogP contribution in [0.2, 0.25) is 10.0 Å². The van der Waals surface area contributed by atoms with E-state index in [1.165, 1.54) is 12.4 Å². The van der Waals surface area contributed by atoms with Crippen LogP contribution in [0.25, 0.3) is 6.08 Å². The summed E-state index contributed by atoms with van der Waals surface area (Å²) >= 11 is 12.2. The number of carbonyl (C=O) groups excluding carboxylic acids is 1. The molecule has 0 N–H and O–H groups in total. The summed E-state index contributed by atoms with van der Waals surface area (Å²) in [5.74, 6) is -0.0296. The van der Waals surface area contributed by atoms with Gasteiger partial charge in [0.25, 0.3) is 0 Å². The molecule has 1 aromatic heterocycles. The summed E-state index contributed by atoms with van der Waals surface area (Å²) in [5, 5.41) is 5.23. The van der Waals surface area contributed by atoms with Crippen molar-refractivity contribution in [2.24, 2.45) is 0 Å². The molecule has 5 nitrogen and oxygen atoms in total. The van der Waals surface area contributed by atoms with Crippen molar-refractivity contribution in [2.45, 2.75) is 18.9 Å². The number of amides is 1. The molecule has 0 unspecified atom stereocenters. The summed E-state index contributed by atoms with van der Waals surface area (Å²) in [7, 11) is 0. The Labute approximate surface area is 144 Å². The Morgan fingerprint density at radius 3 is 2.52 bits per heavy atom. The van der Waals surface area contributed by atoms with Crippen LogP contribution in [0.4, 0.5) is 0 Å². The van der Waals surface area contributed by atoms with Crippen molar-refractivity contribution in [3.63, 3.8) is 0 Å². The molecule has 1 saturated heterocycles. The molecule has 0 saturated carbocycles. The first-order valence-electron chi connectivity index (χ1n) is 7.40. The minimum absolute atomic E-state index is 0.0296. The lowest BCUT2D eigenvalue weighted by molar-refractivity contribution is -0.127. The predicted octanol–water partition coefficient (Wildman–Crippen LogP) is 3.46. The van der Waals surface area contributed by atoms with Gasteiger partial charge in [-0.25, -0.2) is 9.67 Å². The van der Waals surface area contributed by atoms with E-state index in [4.69, 9.17) is 23.2 Å². The Bertz CT molecular complexity index is 687. The van der Waals surface area contributed by atoms with Crippen molar-refractivity contribution >= 4 is 35.2 Å².